The zero-order valence-corrected chi connectivity index (χ0v) is 12.6. The van der Waals surface area contributed by atoms with Crippen LogP contribution in [0, 0.1) is 0 Å². The first-order valence-electron chi connectivity index (χ1n) is 6.62. The predicted molar refractivity (Wildman–Crippen MR) is 77.5 cm³/mol. The van der Waals surface area contributed by atoms with Crippen LogP contribution in [0.2, 0.25) is 0 Å². The molecule has 0 spiro atoms. The third-order valence-electron chi connectivity index (χ3n) is 3.23. The normalized spacial score (nSPS) is 15.4. The molecular formula is C13H30N2S. The van der Waals surface area contributed by atoms with Gasteiger partial charge >= 0.3 is 0 Å². The lowest BCUT2D eigenvalue weighted by atomic mass is 10.1. The van der Waals surface area contributed by atoms with Crippen molar-refractivity contribution in [3.63, 3.8) is 0 Å². The maximum absolute atomic E-state index is 3.49. The molecule has 0 aromatic heterocycles. The number of hydrogen-bond acceptors (Lipinski definition) is 3. The lowest BCUT2D eigenvalue weighted by molar-refractivity contribution is 0.170. The van der Waals surface area contributed by atoms with Crippen LogP contribution in [0.4, 0.5) is 0 Å². The molecule has 0 aromatic rings. The van der Waals surface area contributed by atoms with Gasteiger partial charge in [0, 0.05) is 24.4 Å². The minimum absolute atomic E-state index is 0.696. The van der Waals surface area contributed by atoms with Crippen LogP contribution in [0.25, 0.3) is 0 Å². The summed E-state index contributed by atoms with van der Waals surface area (Å²) >= 11 is 1.96. The van der Waals surface area contributed by atoms with Crippen molar-refractivity contribution in [3.8, 4) is 0 Å². The second-order valence-corrected chi connectivity index (χ2v) is 5.34. The second-order valence-electron chi connectivity index (χ2n) is 4.43. The van der Waals surface area contributed by atoms with Crippen LogP contribution in [0.15, 0.2) is 0 Å². The molecule has 1 N–H and O–H groups in total. The topological polar surface area (TPSA) is 15.3 Å². The van der Waals surface area contributed by atoms with Gasteiger partial charge < -0.3 is 5.32 Å². The minimum atomic E-state index is 0.696. The summed E-state index contributed by atoms with van der Waals surface area (Å²) in [4.78, 5) is 2.59. The monoisotopic (exact) mass is 246 g/mol. The van der Waals surface area contributed by atoms with Gasteiger partial charge in [0.2, 0.25) is 0 Å². The number of nitrogens with one attached hydrogen (secondary N) is 1. The second kappa shape index (κ2) is 10.4. The molecule has 0 rings (SSSR count). The molecular weight excluding hydrogens is 216 g/mol. The maximum atomic E-state index is 3.49. The van der Waals surface area contributed by atoms with E-state index in [-0.39, 0.29) is 0 Å². The highest BCUT2D eigenvalue weighted by Gasteiger charge is 2.20. The summed E-state index contributed by atoms with van der Waals surface area (Å²) in [7, 11) is 2.29. The standard InChI is InChI=1S/C13H30N2S/c1-6-9-13(10-14-8-3)15(4)12(7-2)11-16-5/h12-14H,6-11H2,1-5H3. The van der Waals surface area contributed by atoms with Gasteiger partial charge in [-0.15, -0.1) is 0 Å². The van der Waals surface area contributed by atoms with Gasteiger partial charge in [-0.05, 0) is 32.7 Å². The van der Waals surface area contributed by atoms with Crippen LogP contribution in [0.1, 0.15) is 40.0 Å². The Morgan fingerprint density at radius 2 is 1.88 bits per heavy atom. The van der Waals surface area contributed by atoms with Crippen molar-refractivity contribution >= 4 is 11.8 Å². The first-order chi connectivity index (χ1) is 7.71. The molecule has 0 fully saturated rings. The summed E-state index contributed by atoms with van der Waals surface area (Å²) in [5.74, 6) is 1.25. The van der Waals surface area contributed by atoms with E-state index in [1.165, 1.54) is 25.0 Å². The van der Waals surface area contributed by atoms with Gasteiger partial charge in [0.05, 0.1) is 0 Å². The molecule has 0 amide bonds. The largest absolute Gasteiger partial charge is 0.315 e. The van der Waals surface area contributed by atoms with Crippen molar-refractivity contribution in [3.05, 3.63) is 0 Å². The zero-order chi connectivity index (χ0) is 12.4. The average Bonchev–Trinajstić information content (AvgIpc) is 2.30. The summed E-state index contributed by atoms with van der Waals surface area (Å²) in [6, 6.07) is 1.42. The van der Waals surface area contributed by atoms with E-state index in [1.54, 1.807) is 0 Å². The molecule has 2 atom stereocenters. The fraction of sp³-hybridized carbons (Fsp3) is 1.00. The fourth-order valence-corrected chi connectivity index (χ4v) is 2.96. The van der Waals surface area contributed by atoms with E-state index < -0.39 is 0 Å². The van der Waals surface area contributed by atoms with Crippen LogP contribution in [-0.2, 0) is 0 Å². The van der Waals surface area contributed by atoms with Crippen LogP contribution >= 0.6 is 11.8 Å². The highest BCUT2D eigenvalue weighted by Crippen LogP contribution is 2.14. The van der Waals surface area contributed by atoms with E-state index in [0.29, 0.717) is 6.04 Å². The maximum Gasteiger partial charge on any atom is 0.0220 e. The SMILES string of the molecule is CCCC(CNCC)N(C)C(CC)CSC. The van der Waals surface area contributed by atoms with Gasteiger partial charge in [0.15, 0.2) is 0 Å². The number of nitrogens with zero attached hydrogens (tertiary/aromatic N) is 1. The van der Waals surface area contributed by atoms with Gasteiger partial charge in [0.25, 0.3) is 0 Å². The zero-order valence-electron chi connectivity index (χ0n) is 11.8. The first-order valence-corrected chi connectivity index (χ1v) is 8.02. The molecule has 0 bridgehead atoms. The van der Waals surface area contributed by atoms with E-state index >= 15 is 0 Å². The highest BCUT2D eigenvalue weighted by molar-refractivity contribution is 7.98. The van der Waals surface area contributed by atoms with Crippen molar-refractivity contribution < 1.29 is 0 Å². The van der Waals surface area contributed by atoms with Gasteiger partial charge in [-0.2, -0.15) is 11.8 Å². The lowest BCUT2D eigenvalue weighted by Gasteiger charge is -2.34. The van der Waals surface area contributed by atoms with Crippen molar-refractivity contribution in [2.75, 3.05) is 32.1 Å². The molecule has 0 radical (unpaired) electrons. The Morgan fingerprint density at radius 1 is 1.19 bits per heavy atom. The summed E-state index contributed by atoms with van der Waals surface area (Å²) in [6.07, 6.45) is 6.03. The Kier molecular flexibility index (Phi) is 10.6. The predicted octanol–water partition coefficient (Wildman–Crippen LogP) is 2.84. The van der Waals surface area contributed by atoms with Crippen molar-refractivity contribution in [1.82, 2.24) is 10.2 Å². The van der Waals surface area contributed by atoms with Gasteiger partial charge in [-0.25, -0.2) is 0 Å². The highest BCUT2D eigenvalue weighted by atomic mass is 32.2. The van der Waals surface area contributed by atoms with Gasteiger partial charge in [0.1, 0.15) is 0 Å². The van der Waals surface area contributed by atoms with Crippen LogP contribution in [0.5, 0.6) is 0 Å². The van der Waals surface area contributed by atoms with Crippen LogP contribution in [0.3, 0.4) is 0 Å². The quantitative estimate of drug-likeness (QED) is 0.638. The Labute approximate surface area is 107 Å². The third kappa shape index (κ3) is 6.12. The molecule has 16 heavy (non-hydrogen) atoms. The molecule has 0 aliphatic heterocycles. The van der Waals surface area contributed by atoms with E-state index in [2.05, 4.69) is 44.3 Å². The molecule has 2 nitrogen and oxygen atoms in total. The van der Waals surface area contributed by atoms with Crippen LogP contribution < -0.4 is 5.32 Å². The Hall–Kier alpha value is 0.270. The number of hydrogen-bond donors (Lipinski definition) is 1. The summed E-state index contributed by atoms with van der Waals surface area (Å²) in [5, 5.41) is 3.49. The molecule has 0 saturated heterocycles. The molecule has 0 heterocycles. The molecule has 0 aliphatic rings. The lowest BCUT2D eigenvalue weighted by Crippen LogP contribution is -2.46. The van der Waals surface area contributed by atoms with E-state index in [4.69, 9.17) is 0 Å². The third-order valence-corrected chi connectivity index (χ3v) is 3.95. The summed E-state index contributed by atoms with van der Waals surface area (Å²) < 4.78 is 0. The van der Waals surface area contributed by atoms with Crippen LogP contribution in [-0.4, -0.2) is 49.1 Å². The minimum Gasteiger partial charge on any atom is -0.315 e. The van der Waals surface area contributed by atoms with Crippen molar-refractivity contribution in [1.29, 1.82) is 0 Å². The molecule has 0 saturated carbocycles. The molecule has 3 heteroatoms. The Bertz CT molecular complexity index is 153. The van der Waals surface area contributed by atoms with Crippen molar-refractivity contribution in [2.24, 2.45) is 0 Å². The smallest absolute Gasteiger partial charge is 0.0220 e. The molecule has 2 unspecified atom stereocenters. The molecule has 0 aliphatic carbocycles. The summed E-state index contributed by atoms with van der Waals surface area (Å²) in [5.41, 5.74) is 0. The molecule has 98 valence electrons. The number of thioether (sulfide) groups is 1. The average molecular weight is 246 g/mol. The van der Waals surface area contributed by atoms with E-state index in [0.717, 1.165) is 19.1 Å². The van der Waals surface area contributed by atoms with Crippen molar-refractivity contribution in [2.45, 2.75) is 52.1 Å². The number of rotatable bonds is 10. The Balaban J connectivity index is 4.24. The van der Waals surface area contributed by atoms with Gasteiger partial charge in [-0.3, -0.25) is 4.90 Å². The fourth-order valence-electron chi connectivity index (χ4n) is 2.11. The first kappa shape index (κ1) is 16.3. The van der Waals surface area contributed by atoms with E-state index in [9.17, 15) is 0 Å². The molecule has 0 aromatic carbocycles. The van der Waals surface area contributed by atoms with Gasteiger partial charge in [-0.1, -0.05) is 27.2 Å². The van der Waals surface area contributed by atoms with E-state index in [1.807, 2.05) is 11.8 Å². The number of likely N-dealkylation sites (N-methyl/N-ethyl adjacent to an activating group) is 2. The summed E-state index contributed by atoms with van der Waals surface area (Å²) in [6.45, 7) is 8.97. The Morgan fingerprint density at radius 3 is 2.31 bits per heavy atom.